The van der Waals surface area contributed by atoms with Gasteiger partial charge in [-0.2, -0.15) is 0 Å². The summed E-state index contributed by atoms with van der Waals surface area (Å²) in [5, 5.41) is 6.23. The average Bonchev–Trinajstić information content (AvgIpc) is 3.43. The lowest BCUT2D eigenvalue weighted by molar-refractivity contribution is 0.0697. The first-order valence-corrected chi connectivity index (χ1v) is 11.5. The van der Waals surface area contributed by atoms with Crippen molar-refractivity contribution in [3.05, 3.63) is 75.3 Å². The fraction of sp³-hybridized carbons (Fsp3) is 0.261. The van der Waals surface area contributed by atoms with Gasteiger partial charge < -0.3 is 20.0 Å². The van der Waals surface area contributed by atoms with Gasteiger partial charge in [0.2, 0.25) is 0 Å². The number of hydrogen-bond donors (Lipinski definition) is 2. The fourth-order valence-corrected chi connectivity index (χ4v) is 4.89. The maximum absolute atomic E-state index is 13.2. The average molecular weight is 490 g/mol. The summed E-state index contributed by atoms with van der Waals surface area (Å²) in [6.45, 7) is 2.87. The molecule has 3 heterocycles. The van der Waals surface area contributed by atoms with Crippen LogP contribution < -0.4 is 10.6 Å². The van der Waals surface area contributed by atoms with E-state index in [2.05, 4.69) is 10.6 Å². The molecule has 1 saturated heterocycles. The van der Waals surface area contributed by atoms with Crippen LogP contribution in [0.25, 0.3) is 0 Å². The minimum Gasteiger partial charge on any atom is -0.472 e. The molecule has 4 rings (SSSR count). The summed E-state index contributed by atoms with van der Waals surface area (Å²) in [5.74, 6) is -1.32. The standard InChI is InChI=1S/C23H21ClFN3O4S/c1-13-10-19(27-21(29)17-3-2-15(25)11-18(17)24)33-20(13)22(30)26-16-4-7-28(8-5-16)23(31)14-6-9-32-12-14/h2-3,6,9-12,16H,4-5,7-8H2,1H3,(H,26,30)(H,27,29). The monoisotopic (exact) mass is 489 g/mol. The van der Waals surface area contributed by atoms with Crippen LogP contribution in [0.15, 0.2) is 47.3 Å². The van der Waals surface area contributed by atoms with Crippen LogP contribution in [0, 0.1) is 12.7 Å². The van der Waals surface area contributed by atoms with Gasteiger partial charge in [-0.15, -0.1) is 11.3 Å². The van der Waals surface area contributed by atoms with Gasteiger partial charge in [0.25, 0.3) is 17.7 Å². The lowest BCUT2D eigenvalue weighted by Gasteiger charge is -2.32. The third kappa shape index (κ3) is 5.26. The molecule has 0 unspecified atom stereocenters. The van der Waals surface area contributed by atoms with Crippen LogP contribution in [-0.4, -0.2) is 41.8 Å². The molecule has 1 aromatic carbocycles. The van der Waals surface area contributed by atoms with Crippen molar-refractivity contribution in [3.8, 4) is 0 Å². The van der Waals surface area contributed by atoms with Gasteiger partial charge in [-0.1, -0.05) is 11.6 Å². The largest absolute Gasteiger partial charge is 0.472 e. The first kappa shape index (κ1) is 23.0. The summed E-state index contributed by atoms with van der Waals surface area (Å²) in [6, 6.07) is 6.84. The fourth-order valence-electron chi connectivity index (χ4n) is 3.67. The molecule has 2 aromatic heterocycles. The SMILES string of the molecule is Cc1cc(NC(=O)c2ccc(F)cc2Cl)sc1C(=O)NC1CCN(C(=O)c2ccoc2)CC1. The maximum Gasteiger partial charge on any atom is 0.261 e. The Labute approximate surface area is 198 Å². The number of thiophene rings is 1. The van der Waals surface area contributed by atoms with Crippen molar-refractivity contribution in [2.24, 2.45) is 0 Å². The van der Waals surface area contributed by atoms with Crippen LogP contribution in [0.5, 0.6) is 0 Å². The lowest BCUT2D eigenvalue weighted by Crippen LogP contribution is -2.46. The van der Waals surface area contributed by atoms with Crippen molar-refractivity contribution >= 4 is 45.7 Å². The summed E-state index contributed by atoms with van der Waals surface area (Å²) in [6.07, 6.45) is 4.18. The first-order valence-electron chi connectivity index (χ1n) is 10.3. The maximum atomic E-state index is 13.2. The first-order chi connectivity index (χ1) is 15.8. The number of hydrogen-bond acceptors (Lipinski definition) is 5. The number of carbonyl (C=O) groups excluding carboxylic acids is 3. The van der Waals surface area contributed by atoms with E-state index < -0.39 is 11.7 Å². The number of amides is 3. The molecule has 1 aliphatic rings. The molecule has 33 heavy (non-hydrogen) atoms. The van der Waals surface area contributed by atoms with Crippen LogP contribution in [-0.2, 0) is 0 Å². The van der Waals surface area contributed by atoms with Gasteiger partial charge in [0.05, 0.1) is 32.3 Å². The van der Waals surface area contributed by atoms with E-state index in [1.807, 2.05) is 0 Å². The summed E-state index contributed by atoms with van der Waals surface area (Å²) in [7, 11) is 0. The number of aryl methyl sites for hydroxylation is 1. The normalized spacial score (nSPS) is 14.2. The van der Waals surface area contributed by atoms with Crippen molar-refractivity contribution in [1.29, 1.82) is 0 Å². The van der Waals surface area contributed by atoms with Gasteiger partial charge >= 0.3 is 0 Å². The number of halogens is 2. The molecule has 0 atom stereocenters. The molecule has 0 spiro atoms. The van der Waals surface area contributed by atoms with Gasteiger partial charge in [0, 0.05) is 19.1 Å². The molecular weight excluding hydrogens is 469 g/mol. The van der Waals surface area contributed by atoms with Crippen molar-refractivity contribution in [2.75, 3.05) is 18.4 Å². The van der Waals surface area contributed by atoms with Crippen LogP contribution >= 0.6 is 22.9 Å². The topological polar surface area (TPSA) is 91.7 Å². The Hall–Kier alpha value is -3.17. The van der Waals surface area contributed by atoms with E-state index in [1.165, 1.54) is 18.6 Å². The Kier molecular flexibility index (Phi) is 6.80. The third-order valence-corrected chi connectivity index (χ3v) is 6.89. The minimum absolute atomic E-state index is 0.0105. The molecule has 1 fully saturated rings. The van der Waals surface area contributed by atoms with Gasteiger partial charge in [-0.05, 0) is 55.7 Å². The van der Waals surface area contributed by atoms with Gasteiger partial charge in [0.15, 0.2) is 0 Å². The van der Waals surface area contributed by atoms with Gasteiger partial charge in [-0.25, -0.2) is 4.39 Å². The third-order valence-electron chi connectivity index (χ3n) is 5.42. The zero-order valence-corrected chi connectivity index (χ0v) is 19.3. The highest BCUT2D eigenvalue weighted by molar-refractivity contribution is 7.18. The van der Waals surface area contributed by atoms with E-state index in [0.29, 0.717) is 41.4 Å². The van der Waals surface area contributed by atoms with Crippen LogP contribution in [0.3, 0.4) is 0 Å². The number of nitrogens with one attached hydrogen (secondary N) is 2. The predicted octanol–water partition coefficient (Wildman–Crippen LogP) is 4.73. The molecule has 1 aliphatic heterocycles. The second-order valence-corrected chi connectivity index (χ2v) is 9.21. The number of rotatable bonds is 5. The summed E-state index contributed by atoms with van der Waals surface area (Å²) in [5.41, 5.74) is 1.39. The highest BCUT2D eigenvalue weighted by Crippen LogP contribution is 2.28. The molecule has 10 heteroatoms. The minimum atomic E-state index is -0.529. The second kappa shape index (κ2) is 9.76. The Morgan fingerprint density at radius 2 is 1.91 bits per heavy atom. The molecule has 2 N–H and O–H groups in total. The Morgan fingerprint density at radius 3 is 2.58 bits per heavy atom. The van der Waals surface area contributed by atoms with Crippen molar-refractivity contribution in [3.63, 3.8) is 0 Å². The summed E-state index contributed by atoms with van der Waals surface area (Å²) >= 11 is 7.11. The zero-order chi connectivity index (χ0) is 23.5. The van der Waals surface area contributed by atoms with Gasteiger partial charge in [-0.3, -0.25) is 14.4 Å². The van der Waals surface area contributed by atoms with Crippen LogP contribution in [0.1, 0.15) is 48.8 Å². The number of anilines is 1. The summed E-state index contributed by atoms with van der Waals surface area (Å²) < 4.78 is 18.2. The Morgan fingerprint density at radius 1 is 1.15 bits per heavy atom. The van der Waals surface area contributed by atoms with E-state index in [1.54, 1.807) is 24.0 Å². The highest BCUT2D eigenvalue weighted by atomic mass is 35.5. The van der Waals surface area contributed by atoms with Crippen molar-refractivity contribution < 1.29 is 23.2 Å². The smallest absolute Gasteiger partial charge is 0.261 e. The molecule has 7 nitrogen and oxygen atoms in total. The van der Waals surface area contributed by atoms with E-state index >= 15 is 0 Å². The number of nitrogens with zero attached hydrogens (tertiary/aromatic N) is 1. The predicted molar refractivity (Wildman–Crippen MR) is 124 cm³/mol. The number of likely N-dealkylation sites (tertiary alicyclic amines) is 1. The van der Waals surface area contributed by atoms with E-state index in [-0.39, 0.29) is 28.4 Å². The lowest BCUT2D eigenvalue weighted by atomic mass is 10.0. The van der Waals surface area contributed by atoms with E-state index in [0.717, 1.165) is 29.0 Å². The number of piperidine rings is 1. The molecule has 0 radical (unpaired) electrons. The molecule has 3 amide bonds. The number of furan rings is 1. The van der Waals surface area contributed by atoms with Crippen LogP contribution in [0.2, 0.25) is 5.02 Å². The molecule has 0 aliphatic carbocycles. The van der Waals surface area contributed by atoms with Gasteiger partial charge in [0.1, 0.15) is 12.1 Å². The van der Waals surface area contributed by atoms with E-state index in [9.17, 15) is 18.8 Å². The van der Waals surface area contributed by atoms with Crippen LogP contribution in [0.4, 0.5) is 9.39 Å². The Bertz CT molecular complexity index is 1190. The second-order valence-electron chi connectivity index (χ2n) is 7.75. The van der Waals surface area contributed by atoms with Crippen molar-refractivity contribution in [1.82, 2.24) is 10.2 Å². The zero-order valence-electron chi connectivity index (χ0n) is 17.7. The highest BCUT2D eigenvalue weighted by Gasteiger charge is 2.26. The molecule has 0 bridgehead atoms. The molecule has 0 saturated carbocycles. The van der Waals surface area contributed by atoms with E-state index in [4.69, 9.17) is 16.0 Å². The quantitative estimate of drug-likeness (QED) is 0.542. The number of benzene rings is 1. The Balaban J connectivity index is 1.34. The molecular formula is C23H21ClFN3O4S. The molecule has 172 valence electrons. The number of carbonyl (C=O) groups is 3. The van der Waals surface area contributed by atoms with Crippen molar-refractivity contribution in [2.45, 2.75) is 25.8 Å². The summed E-state index contributed by atoms with van der Waals surface area (Å²) in [4.78, 5) is 39.9. The molecule has 3 aromatic rings.